The third-order valence-corrected chi connectivity index (χ3v) is 7.07. The molecule has 0 heterocycles. The second-order valence-electron chi connectivity index (χ2n) is 9.21. The van der Waals surface area contributed by atoms with Gasteiger partial charge in [-0.25, -0.2) is 4.39 Å². The lowest BCUT2D eigenvalue weighted by atomic mass is 9.79. The highest BCUT2D eigenvalue weighted by atomic mass is 32.1. The van der Waals surface area contributed by atoms with E-state index in [4.69, 9.17) is 14.2 Å². The standard InChI is InChI=1S/C27H33FO4.H2S/c1-30-22-12-13-26(28)25(15-22)20-8-6-18(7-9-20)17-32-23-5-3-4-21(14-23)24(19-10-11-19)16-27(29)31-2;/h3-5,12-15,18-20,24H,6-11,16-17H2,1-2H3;1H2/t18?,20?,24-;/m0./s1. The van der Waals surface area contributed by atoms with Crippen molar-refractivity contribution in [3.63, 3.8) is 0 Å². The van der Waals surface area contributed by atoms with Gasteiger partial charge in [-0.05, 0) is 104 Å². The number of rotatable bonds is 9. The topological polar surface area (TPSA) is 44.8 Å². The second-order valence-corrected chi connectivity index (χ2v) is 9.21. The maximum Gasteiger partial charge on any atom is 0.306 e. The van der Waals surface area contributed by atoms with Crippen molar-refractivity contribution in [3.05, 3.63) is 59.4 Å². The van der Waals surface area contributed by atoms with Crippen molar-refractivity contribution in [3.8, 4) is 11.5 Å². The van der Waals surface area contributed by atoms with E-state index in [2.05, 4.69) is 12.1 Å². The van der Waals surface area contributed by atoms with Gasteiger partial charge in [0.2, 0.25) is 0 Å². The molecule has 1 atom stereocenters. The smallest absolute Gasteiger partial charge is 0.306 e. The van der Waals surface area contributed by atoms with Crippen LogP contribution < -0.4 is 9.47 Å². The maximum absolute atomic E-state index is 14.3. The number of carbonyl (C=O) groups excluding carboxylic acids is 1. The number of carbonyl (C=O) groups is 1. The first-order valence-electron chi connectivity index (χ1n) is 11.7. The molecule has 2 fully saturated rings. The Morgan fingerprint density at radius 2 is 1.76 bits per heavy atom. The molecule has 0 aromatic heterocycles. The van der Waals surface area contributed by atoms with E-state index in [1.807, 2.05) is 18.2 Å². The van der Waals surface area contributed by atoms with Gasteiger partial charge in [0.25, 0.3) is 0 Å². The summed E-state index contributed by atoms with van der Waals surface area (Å²) in [5.74, 6) is 2.76. The lowest BCUT2D eigenvalue weighted by molar-refractivity contribution is -0.141. The fourth-order valence-corrected chi connectivity index (χ4v) is 4.97. The van der Waals surface area contributed by atoms with E-state index in [9.17, 15) is 9.18 Å². The van der Waals surface area contributed by atoms with E-state index in [1.165, 1.54) is 26.0 Å². The van der Waals surface area contributed by atoms with Crippen LogP contribution in [0, 0.1) is 17.7 Å². The van der Waals surface area contributed by atoms with Gasteiger partial charge < -0.3 is 14.2 Å². The molecular weight excluding hydrogens is 439 g/mol. The number of methoxy groups -OCH3 is 2. The van der Waals surface area contributed by atoms with Crippen LogP contribution in [0.15, 0.2) is 42.5 Å². The van der Waals surface area contributed by atoms with E-state index in [0.29, 0.717) is 30.6 Å². The van der Waals surface area contributed by atoms with Crippen LogP contribution in [0.4, 0.5) is 4.39 Å². The van der Waals surface area contributed by atoms with E-state index in [0.717, 1.165) is 42.6 Å². The summed E-state index contributed by atoms with van der Waals surface area (Å²) < 4.78 is 30.6. The summed E-state index contributed by atoms with van der Waals surface area (Å²) in [6.07, 6.45) is 6.73. The summed E-state index contributed by atoms with van der Waals surface area (Å²) in [6.45, 7) is 0.669. The van der Waals surface area contributed by atoms with Crippen LogP contribution in [0.5, 0.6) is 11.5 Å². The Kier molecular flexibility index (Phi) is 9.07. The molecular formula is C27H35FO4S. The Bertz CT molecular complexity index is 922. The summed E-state index contributed by atoms with van der Waals surface area (Å²) in [6, 6.07) is 13.2. The largest absolute Gasteiger partial charge is 0.497 e. The molecule has 2 aromatic carbocycles. The molecule has 0 unspecified atom stereocenters. The van der Waals surface area contributed by atoms with Gasteiger partial charge in [0.15, 0.2) is 0 Å². The van der Waals surface area contributed by atoms with Gasteiger partial charge in [-0.3, -0.25) is 4.79 Å². The number of hydrogen-bond donors (Lipinski definition) is 0. The molecule has 0 saturated heterocycles. The summed E-state index contributed by atoms with van der Waals surface area (Å²) in [4.78, 5) is 11.8. The molecule has 2 saturated carbocycles. The van der Waals surface area contributed by atoms with Crippen LogP contribution in [-0.2, 0) is 9.53 Å². The minimum atomic E-state index is -0.155. The fourth-order valence-electron chi connectivity index (χ4n) is 4.97. The lowest BCUT2D eigenvalue weighted by Gasteiger charge is -2.29. The fraction of sp³-hybridized carbons (Fsp3) is 0.519. The minimum Gasteiger partial charge on any atom is -0.497 e. The van der Waals surface area contributed by atoms with E-state index >= 15 is 0 Å². The molecule has 33 heavy (non-hydrogen) atoms. The summed E-state index contributed by atoms with van der Waals surface area (Å²) in [5.41, 5.74) is 1.93. The summed E-state index contributed by atoms with van der Waals surface area (Å²) in [5, 5.41) is 0. The van der Waals surface area contributed by atoms with E-state index in [1.54, 1.807) is 13.2 Å². The monoisotopic (exact) mass is 474 g/mol. The molecule has 4 rings (SSSR count). The zero-order chi connectivity index (χ0) is 22.5. The quantitative estimate of drug-likeness (QED) is 0.397. The van der Waals surface area contributed by atoms with Crippen molar-refractivity contribution in [2.24, 2.45) is 11.8 Å². The van der Waals surface area contributed by atoms with Crippen LogP contribution in [0.25, 0.3) is 0 Å². The lowest BCUT2D eigenvalue weighted by Crippen LogP contribution is -2.20. The van der Waals surface area contributed by atoms with Crippen LogP contribution >= 0.6 is 13.5 Å². The van der Waals surface area contributed by atoms with Crippen LogP contribution in [0.3, 0.4) is 0 Å². The third kappa shape index (κ3) is 6.66. The molecule has 0 N–H and O–H groups in total. The van der Waals surface area contributed by atoms with Gasteiger partial charge in [-0.15, -0.1) is 0 Å². The predicted octanol–water partition coefficient (Wildman–Crippen LogP) is 6.36. The molecule has 0 aliphatic heterocycles. The number of benzene rings is 2. The predicted molar refractivity (Wildman–Crippen MR) is 132 cm³/mol. The molecule has 0 radical (unpaired) electrons. The maximum atomic E-state index is 14.3. The van der Waals surface area contributed by atoms with Crippen LogP contribution in [0.2, 0.25) is 0 Å². The molecule has 0 bridgehead atoms. The minimum absolute atomic E-state index is 0. The molecule has 4 nitrogen and oxygen atoms in total. The number of hydrogen-bond acceptors (Lipinski definition) is 4. The first-order chi connectivity index (χ1) is 15.6. The molecule has 2 aliphatic carbocycles. The van der Waals surface area contributed by atoms with Gasteiger partial charge in [0.1, 0.15) is 17.3 Å². The molecule has 180 valence electrons. The molecule has 2 aromatic rings. The molecule has 6 heteroatoms. The highest BCUT2D eigenvalue weighted by molar-refractivity contribution is 7.59. The Morgan fingerprint density at radius 1 is 1.00 bits per heavy atom. The second kappa shape index (κ2) is 11.8. The highest BCUT2D eigenvalue weighted by Gasteiger charge is 2.34. The van der Waals surface area contributed by atoms with E-state index < -0.39 is 0 Å². The molecule has 2 aliphatic rings. The average Bonchev–Trinajstić information content (AvgIpc) is 3.67. The normalized spacial score (nSPS) is 20.9. The zero-order valence-electron chi connectivity index (χ0n) is 19.5. The van der Waals surface area contributed by atoms with Crippen molar-refractivity contribution >= 4 is 19.5 Å². The van der Waals surface area contributed by atoms with Crippen molar-refractivity contribution < 1.29 is 23.4 Å². The van der Waals surface area contributed by atoms with Crippen molar-refractivity contribution in [1.82, 2.24) is 0 Å². The average molecular weight is 475 g/mol. The summed E-state index contributed by atoms with van der Waals surface area (Å²) in [7, 11) is 3.06. The summed E-state index contributed by atoms with van der Waals surface area (Å²) >= 11 is 0. The Hall–Kier alpha value is -2.21. The van der Waals surface area contributed by atoms with Gasteiger partial charge in [-0.2, -0.15) is 13.5 Å². The number of esters is 1. The highest BCUT2D eigenvalue weighted by Crippen LogP contribution is 2.45. The van der Waals surface area contributed by atoms with Crippen LogP contribution in [-0.4, -0.2) is 26.8 Å². The van der Waals surface area contributed by atoms with Gasteiger partial charge >= 0.3 is 5.97 Å². The zero-order valence-corrected chi connectivity index (χ0v) is 20.5. The van der Waals surface area contributed by atoms with Gasteiger partial charge in [0.05, 0.1) is 27.2 Å². The number of halogens is 1. The van der Waals surface area contributed by atoms with Crippen molar-refractivity contribution in [1.29, 1.82) is 0 Å². The SMILES string of the molecule is COC(=O)C[C@H](c1cccc(OCC2CCC(c3cc(OC)ccc3F)CC2)c1)C1CC1.S. The van der Waals surface area contributed by atoms with Crippen LogP contribution in [0.1, 0.15) is 67.9 Å². The van der Waals surface area contributed by atoms with Gasteiger partial charge in [0, 0.05) is 0 Å². The third-order valence-electron chi connectivity index (χ3n) is 7.07. The molecule has 0 spiro atoms. The Labute approximate surface area is 203 Å². The van der Waals surface area contributed by atoms with E-state index in [-0.39, 0.29) is 37.1 Å². The number of ether oxygens (including phenoxy) is 3. The van der Waals surface area contributed by atoms with Crippen molar-refractivity contribution in [2.75, 3.05) is 20.8 Å². The Balaban J connectivity index is 0.00000306. The Morgan fingerprint density at radius 3 is 2.42 bits per heavy atom. The van der Waals surface area contributed by atoms with Gasteiger partial charge in [-0.1, -0.05) is 12.1 Å². The van der Waals surface area contributed by atoms with Crippen molar-refractivity contribution in [2.45, 2.75) is 56.8 Å². The first-order valence-corrected chi connectivity index (χ1v) is 11.7. The molecule has 0 amide bonds. The first kappa shape index (κ1) is 25.4.